The van der Waals surface area contributed by atoms with Gasteiger partial charge in [-0.2, -0.15) is 0 Å². The summed E-state index contributed by atoms with van der Waals surface area (Å²) in [5.41, 5.74) is 23.1. The van der Waals surface area contributed by atoms with E-state index in [1.165, 1.54) is 12.7 Å². The number of aromatic nitrogens is 4. The fourth-order valence-corrected chi connectivity index (χ4v) is 3.69. The molecule has 0 unspecified atom stereocenters. The molecule has 1 saturated heterocycles. The fraction of sp³-hybridized carbons (Fsp3) is 0.667. The first-order chi connectivity index (χ1) is 14.9. The molecule has 4 atom stereocenters. The zero-order chi connectivity index (χ0) is 22.4. The zero-order valence-electron chi connectivity index (χ0n) is 17.4. The van der Waals surface area contributed by atoms with Crippen molar-refractivity contribution in [3.63, 3.8) is 0 Å². The van der Waals surface area contributed by atoms with Crippen LogP contribution in [0.2, 0.25) is 0 Å². The first kappa shape index (κ1) is 23.1. The second-order valence-corrected chi connectivity index (χ2v) is 7.59. The van der Waals surface area contributed by atoms with E-state index in [2.05, 4.69) is 24.8 Å². The van der Waals surface area contributed by atoms with Crippen molar-refractivity contribution in [2.24, 2.45) is 22.2 Å². The predicted octanol–water partition coefficient (Wildman–Crippen LogP) is -2.27. The summed E-state index contributed by atoms with van der Waals surface area (Å²) >= 11 is 0. The van der Waals surface area contributed by atoms with E-state index in [-0.39, 0.29) is 11.8 Å². The maximum atomic E-state index is 10.6. The number of aliphatic hydroxyl groups is 2. The van der Waals surface area contributed by atoms with E-state index in [0.29, 0.717) is 30.8 Å². The molecule has 1 fully saturated rings. The van der Waals surface area contributed by atoms with Crippen LogP contribution in [0.4, 0.5) is 5.82 Å². The van der Waals surface area contributed by atoms with Crippen LogP contribution in [-0.2, 0) is 4.74 Å². The number of hydrogen-bond acceptors (Lipinski definition) is 10. The summed E-state index contributed by atoms with van der Waals surface area (Å²) in [6.45, 7) is 3.09. The Labute approximate surface area is 180 Å². The van der Waals surface area contributed by atoms with Crippen molar-refractivity contribution in [2.75, 3.05) is 38.5 Å². The molecule has 3 rings (SSSR count). The Morgan fingerprint density at radius 2 is 1.90 bits per heavy atom. The molecule has 3 heterocycles. The molecule has 2 aromatic heterocycles. The van der Waals surface area contributed by atoms with Crippen LogP contribution in [0.25, 0.3) is 11.2 Å². The maximum Gasteiger partial charge on any atom is 0.185 e. The van der Waals surface area contributed by atoms with Gasteiger partial charge in [-0.1, -0.05) is 0 Å². The molecule has 0 radical (unpaired) electrons. The molecule has 0 aliphatic carbocycles. The second-order valence-electron chi connectivity index (χ2n) is 7.59. The summed E-state index contributed by atoms with van der Waals surface area (Å²) in [6, 6.07) is 0. The lowest BCUT2D eigenvalue weighted by Crippen LogP contribution is -2.41. The molecule has 2 aromatic rings. The van der Waals surface area contributed by atoms with Crippen molar-refractivity contribution in [3.8, 4) is 0 Å². The summed E-state index contributed by atoms with van der Waals surface area (Å²) in [7, 11) is 0. The zero-order valence-corrected chi connectivity index (χ0v) is 17.4. The summed E-state index contributed by atoms with van der Waals surface area (Å²) in [5.74, 6) is 0.323. The van der Waals surface area contributed by atoms with Crippen molar-refractivity contribution in [2.45, 2.75) is 43.8 Å². The first-order valence-electron chi connectivity index (χ1n) is 10.3. The van der Waals surface area contributed by atoms with Crippen molar-refractivity contribution in [1.29, 1.82) is 0 Å². The van der Waals surface area contributed by atoms with Crippen molar-refractivity contribution in [1.82, 2.24) is 24.4 Å². The van der Waals surface area contributed by atoms with Crippen LogP contribution in [0.15, 0.2) is 17.6 Å². The van der Waals surface area contributed by atoms with Crippen LogP contribution >= 0.6 is 0 Å². The molecule has 0 aromatic carbocycles. The van der Waals surface area contributed by atoms with Gasteiger partial charge in [-0.3, -0.25) is 9.56 Å². The van der Waals surface area contributed by atoms with E-state index in [0.717, 1.165) is 32.4 Å². The number of anilines is 1. The number of ether oxygens (including phenoxy) is 1. The van der Waals surface area contributed by atoms with Crippen LogP contribution in [0.3, 0.4) is 0 Å². The quantitative estimate of drug-likeness (QED) is 0.125. The van der Waals surface area contributed by atoms with Gasteiger partial charge in [-0.15, -0.1) is 0 Å². The van der Waals surface area contributed by atoms with Crippen LogP contribution in [0, 0.1) is 0 Å². The SMILES string of the molecule is NCCCN(CCCCN=C(N)N)C[C@@H]1O[C@H](n2cnc3c(N)ncnc32)[C@@H](O)[C@H]1O. The van der Waals surface area contributed by atoms with E-state index >= 15 is 0 Å². The minimum absolute atomic E-state index is 0.0848. The summed E-state index contributed by atoms with van der Waals surface area (Å²) < 4.78 is 7.61. The maximum absolute atomic E-state index is 10.6. The van der Waals surface area contributed by atoms with Crippen LogP contribution in [-0.4, -0.2) is 91.6 Å². The van der Waals surface area contributed by atoms with Gasteiger partial charge in [0.1, 0.15) is 30.2 Å². The van der Waals surface area contributed by atoms with Gasteiger partial charge in [-0.05, 0) is 38.9 Å². The van der Waals surface area contributed by atoms with Crippen molar-refractivity contribution >= 4 is 22.9 Å². The van der Waals surface area contributed by atoms with Gasteiger partial charge in [0.05, 0.1) is 6.33 Å². The topological polar surface area (TPSA) is 213 Å². The lowest BCUT2D eigenvalue weighted by atomic mass is 10.1. The molecule has 0 amide bonds. The van der Waals surface area contributed by atoms with Gasteiger partial charge in [0.15, 0.2) is 23.7 Å². The Balaban J connectivity index is 1.65. The highest BCUT2D eigenvalue weighted by Crippen LogP contribution is 2.32. The Bertz CT molecular complexity index is 871. The number of aliphatic hydroxyl groups excluding tert-OH is 2. The third kappa shape index (κ3) is 5.57. The monoisotopic (exact) mass is 436 g/mol. The largest absolute Gasteiger partial charge is 0.387 e. The molecule has 13 heteroatoms. The first-order valence-corrected chi connectivity index (χ1v) is 10.3. The molecule has 1 aliphatic rings. The Morgan fingerprint density at radius 3 is 2.65 bits per heavy atom. The molecule has 13 nitrogen and oxygen atoms in total. The molecule has 10 N–H and O–H groups in total. The van der Waals surface area contributed by atoms with Crippen LogP contribution < -0.4 is 22.9 Å². The normalized spacial score (nSPS) is 23.6. The van der Waals surface area contributed by atoms with Gasteiger partial charge in [0, 0.05) is 13.1 Å². The molecule has 1 aliphatic heterocycles. The molecular formula is C18H32N10O3. The summed E-state index contributed by atoms with van der Waals surface area (Å²) in [4.78, 5) is 18.5. The molecule has 172 valence electrons. The lowest BCUT2D eigenvalue weighted by Gasteiger charge is -2.26. The van der Waals surface area contributed by atoms with Gasteiger partial charge in [0.2, 0.25) is 0 Å². The standard InChI is InChI=1S/C18H32N10O3/c19-4-3-7-27(6-2-1-5-23-18(21)22)8-11-13(29)14(30)17(31-11)28-10-26-12-15(20)24-9-25-16(12)28/h9-11,13-14,17,29-30H,1-8,19H2,(H2,20,24,25)(H4,21,22,23)/t11-,13-,14-,17-/m0/s1. The number of rotatable bonds is 11. The van der Waals surface area contributed by atoms with E-state index in [9.17, 15) is 10.2 Å². The van der Waals surface area contributed by atoms with E-state index < -0.39 is 24.5 Å². The highest BCUT2D eigenvalue weighted by Gasteiger charge is 2.44. The third-order valence-electron chi connectivity index (χ3n) is 5.29. The predicted molar refractivity (Wildman–Crippen MR) is 116 cm³/mol. The van der Waals surface area contributed by atoms with E-state index in [4.69, 9.17) is 27.7 Å². The second kappa shape index (κ2) is 10.6. The fourth-order valence-electron chi connectivity index (χ4n) is 3.69. The average Bonchev–Trinajstić information content (AvgIpc) is 3.28. The highest BCUT2D eigenvalue weighted by molar-refractivity contribution is 5.81. The molecular weight excluding hydrogens is 404 g/mol. The summed E-state index contributed by atoms with van der Waals surface area (Å²) in [6.07, 6.45) is 1.68. The van der Waals surface area contributed by atoms with Crippen LogP contribution in [0.1, 0.15) is 25.5 Å². The molecule has 31 heavy (non-hydrogen) atoms. The number of imidazole rings is 1. The van der Waals surface area contributed by atoms with Gasteiger partial charge >= 0.3 is 0 Å². The van der Waals surface area contributed by atoms with Gasteiger partial charge < -0.3 is 42.8 Å². The van der Waals surface area contributed by atoms with Crippen molar-refractivity contribution < 1.29 is 14.9 Å². The molecule has 0 bridgehead atoms. The van der Waals surface area contributed by atoms with Crippen LogP contribution in [0.5, 0.6) is 0 Å². The Hall–Kier alpha value is -2.58. The minimum atomic E-state index is -1.14. The number of unbranched alkanes of at least 4 members (excludes halogenated alkanes) is 1. The van der Waals surface area contributed by atoms with E-state index in [1.54, 1.807) is 4.57 Å². The number of hydrogen-bond donors (Lipinski definition) is 6. The van der Waals surface area contributed by atoms with E-state index in [1.807, 2.05) is 0 Å². The highest BCUT2D eigenvalue weighted by atomic mass is 16.6. The average molecular weight is 437 g/mol. The minimum Gasteiger partial charge on any atom is -0.387 e. The Kier molecular flexibility index (Phi) is 7.92. The third-order valence-corrected chi connectivity index (χ3v) is 5.29. The van der Waals surface area contributed by atoms with Crippen molar-refractivity contribution in [3.05, 3.63) is 12.7 Å². The lowest BCUT2D eigenvalue weighted by molar-refractivity contribution is -0.0442. The Morgan fingerprint density at radius 1 is 1.13 bits per heavy atom. The number of fused-ring (bicyclic) bond motifs is 1. The number of nitrogens with two attached hydrogens (primary N) is 4. The summed E-state index contributed by atoms with van der Waals surface area (Å²) in [5, 5.41) is 21.3. The number of aliphatic imine (C=N–C) groups is 1. The molecule has 0 spiro atoms. The van der Waals surface area contributed by atoms with Gasteiger partial charge in [-0.25, -0.2) is 15.0 Å². The number of nitrogens with zero attached hydrogens (tertiary/aromatic N) is 6. The number of guanidine groups is 1. The number of nitrogen functional groups attached to an aromatic ring is 1. The molecule has 0 saturated carbocycles. The van der Waals surface area contributed by atoms with Gasteiger partial charge in [0.25, 0.3) is 0 Å². The smallest absolute Gasteiger partial charge is 0.185 e.